The highest BCUT2D eigenvalue weighted by Gasteiger charge is 2.33. The van der Waals surface area contributed by atoms with Crippen LogP contribution in [-0.4, -0.2) is 63.5 Å². The number of hydrogen-bond donors (Lipinski definition) is 5. The first-order valence-corrected chi connectivity index (χ1v) is 14.0. The number of nitrogens with two attached hydrogens (primary N) is 1. The maximum atomic E-state index is 13.4. The number of H-pyrrole nitrogens is 1. The van der Waals surface area contributed by atoms with E-state index in [1.165, 1.54) is 12.5 Å². The molecule has 0 saturated heterocycles. The zero-order valence-corrected chi connectivity index (χ0v) is 24.9. The van der Waals surface area contributed by atoms with Gasteiger partial charge in [0.1, 0.15) is 30.3 Å². The first kappa shape index (κ1) is 33.3. The molecule has 44 heavy (non-hydrogen) atoms. The molecule has 13 nitrogen and oxygen atoms in total. The lowest BCUT2D eigenvalue weighted by Crippen LogP contribution is -2.57. The summed E-state index contributed by atoms with van der Waals surface area (Å²) >= 11 is 0. The molecule has 0 spiro atoms. The van der Waals surface area contributed by atoms with Crippen LogP contribution < -0.4 is 21.7 Å². The molecule has 0 unspecified atom stereocenters. The van der Waals surface area contributed by atoms with Crippen molar-refractivity contribution in [3.8, 4) is 0 Å². The average Bonchev–Trinajstić information content (AvgIpc) is 3.48. The molecule has 0 fully saturated rings. The number of carbonyl (C=O) groups is 5. The average molecular weight is 607 g/mol. The lowest BCUT2D eigenvalue weighted by Gasteiger charge is -2.27. The van der Waals surface area contributed by atoms with Crippen LogP contribution in [0.1, 0.15) is 44.0 Å². The zero-order chi connectivity index (χ0) is 32.1. The molecular formula is C31H38N6O7. The normalized spacial score (nSPS) is 13.1. The lowest BCUT2D eigenvalue weighted by atomic mass is 10.0. The molecule has 0 aliphatic rings. The summed E-state index contributed by atoms with van der Waals surface area (Å²) < 4.78 is 10.8. The lowest BCUT2D eigenvalue weighted by molar-refractivity contribution is -0.158. The van der Waals surface area contributed by atoms with Gasteiger partial charge < -0.3 is 36.1 Å². The van der Waals surface area contributed by atoms with Gasteiger partial charge in [0.15, 0.2) is 0 Å². The summed E-state index contributed by atoms with van der Waals surface area (Å²) in [4.78, 5) is 71.2. The number of rotatable bonds is 14. The molecule has 2 aromatic carbocycles. The Labute approximate surface area is 255 Å². The molecule has 1 heterocycles. The van der Waals surface area contributed by atoms with Crippen LogP contribution in [0.25, 0.3) is 0 Å². The predicted molar refractivity (Wildman–Crippen MR) is 160 cm³/mol. The van der Waals surface area contributed by atoms with Gasteiger partial charge >= 0.3 is 12.1 Å². The molecule has 234 valence electrons. The van der Waals surface area contributed by atoms with Crippen LogP contribution in [0, 0.1) is 0 Å². The largest absolute Gasteiger partial charge is 0.458 e. The van der Waals surface area contributed by atoms with E-state index in [1.807, 2.05) is 12.1 Å². The second-order valence-corrected chi connectivity index (χ2v) is 11.1. The van der Waals surface area contributed by atoms with Crippen molar-refractivity contribution in [1.82, 2.24) is 25.9 Å². The Morgan fingerprint density at radius 2 is 1.41 bits per heavy atom. The highest BCUT2D eigenvalue weighted by Crippen LogP contribution is 2.12. The van der Waals surface area contributed by atoms with Gasteiger partial charge in [0.2, 0.25) is 17.7 Å². The Bertz CT molecular complexity index is 1390. The summed E-state index contributed by atoms with van der Waals surface area (Å²) in [5.41, 5.74) is 6.57. The number of hydrogen-bond acceptors (Lipinski definition) is 8. The molecule has 0 saturated carbocycles. The number of alkyl carbamates (subject to hydrolysis) is 1. The molecule has 3 rings (SSSR count). The number of nitrogens with one attached hydrogen (secondary N) is 4. The van der Waals surface area contributed by atoms with Crippen LogP contribution in [0.2, 0.25) is 0 Å². The van der Waals surface area contributed by atoms with Crippen molar-refractivity contribution < 1.29 is 33.4 Å². The van der Waals surface area contributed by atoms with E-state index >= 15 is 0 Å². The van der Waals surface area contributed by atoms with Crippen LogP contribution in [0.5, 0.6) is 0 Å². The van der Waals surface area contributed by atoms with Crippen LogP contribution >= 0.6 is 0 Å². The van der Waals surface area contributed by atoms with Crippen molar-refractivity contribution >= 4 is 29.8 Å². The molecule has 13 heteroatoms. The fourth-order valence-electron chi connectivity index (χ4n) is 4.10. The number of aromatic nitrogens is 2. The van der Waals surface area contributed by atoms with E-state index in [0.29, 0.717) is 5.69 Å². The number of carbonyl (C=O) groups excluding carboxylic acids is 5. The smallest absolute Gasteiger partial charge is 0.408 e. The highest BCUT2D eigenvalue weighted by atomic mass is 16.6. The van der Waals surface area contributed by atoms with E-state index in [0.717, 1.165) is 11.1 Å². The van der Waals surface area contributed by atoms with Crippen molar-refractivity contribution in [2.24, 2.45) is 5.73 Å². The topological polar surface area (TPSA) is 195 Å². The number of benzene rings is 2. The fraction of sp³-hybridized carbons (Fsp3) is 0.355. The standard InChI is InChI=1S/C31H38N6O7/c1-31(2,3)44-29(41)25(14-20-10-6-4-7-11-20)36-28(40)24(16-26(32)38)35-27(39)23(15-22-17-33-19-34-22)37-30(42)43-18-21-12-8-5-9-13-21/h4-13,17,19,23-25H,14-16,18H2,1-3H3,(H2,32,38)(H,33,34)(H,35,39)(H,36,40)(H,37,42)/t23-,24+,25+/m0/s1. The van der Waals surface area contributed by atoms with Crippen molar-refractivity contribution in [2.75, 3.05) is 0 Å². The van der Waals surface area contributed by atoms with Crippen molar-refractivity contribution in [3.05, 3.63) is 90.0 Å². The van der Waals surface area contributed by atoms with E-state index < -0.39 is 59.9 Å². The first-order valence-electron chi connectivity index (χ1n) is 14.0. The second-order valence-electron chi connectivity index (χ2n) is 11.1. The minimum Gasteiger partial charge on any atom is -0.458 e. The Morgan fingerprint density at radius 1 is 0.818 bits per heavy atom. The molecule has 0 radical (unpaired) electrons. The molecular weight excluding hydrogens is 568 g/mol. The van der Waals surface area contributed by atoms with Crippen LogP contribution in [-0.2, 0) is 48.1 Å². The van der Waals surface area contributed by atoms with Gasteiger partial charge in [-0.05, 0) is 31.9 Å². The summed E-state index contributed by atoms with van der Waals surface area (Å²) in [7, 11) is 0. The number of imidazole rings is 1. The van der Waals surface area contributed by atoms with E-state index in [2.05, 4.69) is 25.9 Å². The van der Waals surface area contributed by atoms with Crippen LogP contribution in [0.15, 0.2) is 73.2 Å². The van der Waals surface area contributed by atoms with Gasteiger partial charge in [-0.1, -0.05) is 60.7 Å². The third kappa shape index (κ3) is 11.6. The van der Waals surface area contributed by atoms with E-state index in [1.54, 1.807) is 69.3 Å². The number of aromatic amines is 1. The predicted octanol–water partition coefficient (Wildman–Crippen LogP) is 1.68. The third-order valence-electron chi connectivity index (χ3n) is 6.13. The summed E-state index contributed by atoms with van der Waals surface area (Å²) in [6, 6.07) is 14.1. The SMILES string of the molecule is CC(C)(C)OC(=O)[C@@H](Cc1ccccc1)NC(=O)[C@@H](CC(N)=O)NC(=O)[C@H](Cc1cnc[nH]1)NC(=O)OCc1ccccc1. The summed E-state index contributed by atoms with van der Waals surface area (Å²) in [5.74, 6) is -3.20. The maximum absolute atomic E-state index is 13.4. The van der Waals surface area contributed by atoms with Crippen molar-refractivity contribution in [3.63, 3.8) is 0 Å². The van der Waals surface area contributed by atoms with Gasteiger partial charge in [-0.2, -0.15) is 0 Å². The van der Waals surface area contributed by atoms with Gasteiger partial charge in [-0.3, -0.25) is 14.4 Å². The van der Waals surface area contributed by atoms with E-state index in [9.17, 15) is 24.0 Å². The minimum atomic E-state index is -1.47. The van der Waals surface area contributed by atoms with Crippen LogP contribution in [0.4, 0.5) is 4.79 Å². The number of primary amides is 1. The van der Waals surface area contributed by atoms with Gasteiger partial charge in [0.05, 0.1) is 12.7 Å². The van der Waals surface area contributed by atoms with Gasteiger partial charge in [0.25, 0.3) is 0 Å². The second kappa shape index (κ2) is 15.9. The Hall–Kier alpha value is -5.20. The maximum Gasteiger partial charge on any atom is 0.408 e. The summed E-state index contributed by atoms with van der Waals surface area (Å²) in [6.45, 7) is 5.05. The zero-order valence-electron chi connectivity index (χ0n) is 24.9. The van der Waals surface area contributed by atoms with Crippen LogP contribution in [0.3, 0.4) is 0 Å². The van der Waals surface area contributed by atoms with Gasteiger partial charge in [-0.25, -0.2) is 14.6 Å². The number of nitrogens with zero attached hydrogens (tertiary/aromatic N) is 1. The fourth-order valence-corrected chi connectivity index (χ4v) is 4.10. The molecule has 0 bridgehead atoms. The number of ether oxygens (including phenoxy) is 2. The van der Waals surface area contributed by atoms with Crippen molar-refractivity contribution in [1.29, 1.82) is 0 Å². The van der Waals surface area contributed by atoms with E-state index in [-0.39, 0.29) is 19.4 Å². The van der Waals surface area contributed by atoms with Crippen molar-refractivity contribution in [2.45, 2.75) is 70.4 Å². The Kier molecular flexibility index (Phi) is 12.0. The quantitative estimate of drug-likeness (QED) is 0.171. The molecule has 3 atom stereocenters. The molecule has 1 aromatic heterocycles. The van der Waals surface area contributed by atoms with E-state index in [4.69, 9.17) is 15.2 Å². The summed E-state index contributed by atoms with van der Waals surface area (Å²) in [5, 5.41) is 7.58. The summed E-state index contributed by atoms with van der Waals surface area (Å²) in [6.07, 6.45) is 1.49. The molecule has 3 aromatic rings. The van der Waals surface area contributed by atoms with Gasteiger partial charge in [0, 0.05) is 24.7 Å². The highest BCUT2D eigenvalue weighted by molar-refractivity contribution is 5.95. The molecule has 0 aliphatic carbocycles. The number of amides is 4. The monoisotopic (exact) mass is 606 g/mol. The Balaban J connectivity index is 1.76. The molecule has 0 aliphatic heterocycles. The Morgan fingerprint density at radius 3 is 1.98 bits per heavy atom. The van der Waals surface area contributed by atoms with Gasteiger partial charge in [-0.15, -0.1) is 0 Å². The third-order valence-corrected chi connectivity index (χ3v) is 6.13. The molecule has 6 N–H and O–H groups in total. The molecule has 4 amide bonds. The number of esters is 1. The minimum absolute atomic E-state index is 0.0360. The first-order chi connectivity index (χ1) is 20.9.